The van der Waals surface area contributed by atoms with Crippen molar-refractivity contribution in [3.63, 3.8) is 0 Å². The summed E-state index contributed by atoms with van der Waals surface area (Å²) in [6, 6.07) is 0.714. The Kier molecular flexibility index (Phi) is 5.57. The molecular weight excluding hydrogens is 284 g/mol. The van der Waals surface area contributed by atoms with Crippen LogP contribution < -0.4 is 0 Å². The highest BCUT2D eigenvalue weighted by molar-refractivity contribution is 7.11. The number of morpholine rings is 1. The van der Waals surface area contributed by atoms with Crippen LogP contribution in [0.4, 0.5) is 0 Å². The summed E-state index contributed by atoms with van der Waals surface area (Å²) in [5.74, 6) is 0. The summed E-state index contributed by atoms with van der Waals surface area (Å²) in [4.78, 5) is 5.18. The Morgan fingerprint density at radius 2 is 2.05 bits per heavy atom. The lowest BCUT2D eigenvalue weighted by Crippen LogP contribution is -2.43. The summed E-state index contributed by atoms with van der Waals surface area (Å²) in [5, 5.41) is 10.7. The van der Waals surface area contributed by atoms with E-state index in [0.717, 1.165) is 37.9 Å². The largest absolute Gasteiger partial charge is 0.379 e. The van der Waals surface area contributed by atoms with E-state index in [2.05, 4.69) is 20.0 Å². The van der Waals surface area contributed by atoms with Gasteiger partial charge in [0.25, 0.3) is 0 Å². The molecule has 2 aliphatic heterocycles. The summed E-state index contributed by atoms with van der Waals surface area (Å²) in [6.07, 6.45) is 5.31. The van der Waals surface area contributed by atoms with Crippen molar-refractivity contribution in [2.24, 2.45) is 0 Å². The second-order valence-corrected chi connectivity index (χ2v) is 7.34. The highest BCUT2D eigenvalue weighted by Gasteiger charge is 2.24. The van der Waals surface area contributed by atoms with E-state index in [4.69, 9.17) is 4.74 Å². The Balaban J connectivity index is 1.51. The van der Waals surface area contributed by atoms with Crippen LogP contribution in [0.2, 0.25) is 0 Å². The topological polar surface area (TPSA) is 41.5 Å². The highest BCUT2D eigenvalue weighted by Crippen LogP contribution is 2.23. The number of piperidine rings is 1. The van der Waals surface area contributed by atoms with Crippen LogP contribution in [0.1, 0.15) is 35.7 Å². The monoisotopic (exact) mass is 310 g/mol. The molecule has 0 unspecified atom stereocenters. The predicted molar refractivity (Wildman–Crippen MR) is 84.6 cm³/mol. The molecule has 0 aliphatic carbocycles. The van der Waals surface area contributed by atoms with E-state index in [1.54, 1.807) is 11.3 Å². The van der Waals surface area contributed by atoms with Crippen LogP contribution in [0, 0.1) is 6.92 Å². The molecule has 0 spiro atoms. The van der Waals surface area contributed by atoms with Gasteiger partial charge in [-0.25, -0.2) is 0 Å². The molecule has 0 N–H and O–H groups in total. The molecule has 0 bridgehead atoms. The first-order chi connectivity index (χ1) is 10.3. The average molecular weight is 310 g/mol. The fraction of sp³-hybridized carbons (Fsp3) is 0.867. The van der Waals surface area contributed by atoms with Crippen LogP contribution in [-0.4, -0.2) is 65.4 Å². The summed E-state index contributed by atoms with van der Waals surface area (Å²) >= 11 is 1.74. The third-order valence-corrected chi connectivity index (χ3v) is 5.36. The molecule has 1 aromatic rings. The summed E-state index contributed by atoms with van der Waals surface area (Å²) in [5.41, 5.74) is 0. The molecule has 0 amide bonds. The van der Waals surface area contributed by atoms with Gasteiger partial charge in [-0.15, -0.1) is 21.5 Å². The fourth-order valence-electron chi connectivity index (χ4n) is 3.33. The maximum atomic E-state index is 5.43. The van der Waals surface area contributed by atoms with Crippen LogP contribution in [0.25, 0.3) is 0 Å². The average Bonchev–Trinajstić information content (AvgIpc) is 2.93. The molecule has 2 aliphatic rings. The smallest absolute Gasteiger partial charge is 0.131 e. The SMILES string of the molecule is Cc1nnc(CN2CCCC[C@@H]2CCN2CCOCC2)s1. The van der Waals surface area contributed by atoms with Gasteiger partial charge < -0.3 is 4.74 Å². The minimum Gasteiger partial charge on any atom is -0.379 e. The highest BCUT2D eigenvalue weighted by atomic mass is 32.1. The van der Waals surface area contributed by atoms with Crippen molar-refractivity contribution in [3.8, 4) is 0 Å². The van der Waals surface area contributed by atoms with Crippen molar-refractivity contribution in [1.82, 2.24) is 20.0 Å². The number of hydrogen-bond donors (Lipinski definition) is 0. The van der Waals surface area contributed by atoms with Gasteiger partial charge in [-0.3, -0.25) is 9.80 Å². The van der Waals surface area contributed by atoms with Crippen molar-refractivity contribution >= 4 is 11.3 Å². The Bertz CT molecular complexity index is 433. The Morgan fingerprint density at radius 1 is 1.19 bits per heavy atom. The summed E-state index contributed by atoms with van der Waals surface area (Å²) in [7, 11) is 0. The van der Waals surface area contributed by atoms with Gasteiger partial charge in [0.15, 0.2) is 0 Å². The van der Waals surface area contributed by atoms with Gasteiger partial charge >= 0.3 is 0 Å². The van der Waals surface area contributed by atoms with E-state index in [0.29, 0.717) is 6.04 Å². The lowest BCUT2D eigenvalue weighted by atomic mass is 9.99. The third kappa shape index (κ3) is 4.45. The molecule has 5 nitrogen and oxygen atoms in total. The minimum atomic E-state index is 0.714. The minimum absolute atomic E-state index is 0.714. The molecule has 0 radical (unpaired) electrons. The molecule has 0 saturated carbocycles. The van der Waals surface area contributed by atoms with Crippen LogP contribution in [0.15, 0.2) is 0 Å². The third-order valence-electron chi connectivity index (χ3n) is 4.54. The van der Waals surface area contributed by atoms with Crippen molar-refractivity contribution in [2.75, 3.05) is 39.4 Å². The number of rotatable bonds is 5. The fourth-order valence-corrected chi connectivity index (χ4v) is 4.06. The number of hydrogen-bond acceptors (Lipinski definition) is 6. The second-order valence-electron chi connectivity index (χ2n) is 6.08. The first-order valence-corrected chi connectivity index (χ1v) is 8.96. The van der Waals surface area contributed by atoms with Crippen molar-refractivity contribution in [2.45, 2.75) is 45.2 Å². The summed E-state index contributed by atoms with van der Waals surface area (Å²) < 4.78 is 5.43. The molecule has 0 aromatic carbocycles. The van der Waals surface area contributed by atoms with E-state index in [9.17, 15) is 0 Å². The van der Waals surface area contributed by atoms with Crippen molar-refractivity contribution in [3.05, 3.63) is 10.0 Å². The second kappa shape index (κ2) is 7.63. The predicted octanol–water partition coefficient (Wildman–Crippen LogP) is 1.92. The van der Waals surface area contributed by atoms with Crippen LogP contribution in [0.5, 0.6) is 0 Å². The molecule has 2 fully saturated rings. The van der Waals surface area contributed by atoms with Gasteiger partial charge in [0.05, 0.1) is 19.8 Å². The van der Waals surface area contributed by atoms with Gasteiger partial charge in [-0.1, -0.05) is 6.42 Å². The molecule has 21 heavy (non-hydrogen) atoms. The van der Waals surface area contributed by atoms with Crippen LogP contribution in [0.3, 0.4) is 0 Å². The first kappa shape index (κ1) is 15.3. The normalized spacial score (nSPS) is 25.3. The van der Waals surface area contributed by atoms with E-state index in [1.165, 1.54) is 43.8 Å². The molecule has 6 heteroatoms. The lowest BCUT2D eigenvalue weighted by Gasteiger charge is -2.37. The van der Waals surface area contributed by atoms with Crippen molar-refractivity contribution in [1.29, 1.82) is 0 Å². The Hall–Kier alpha value is -0.560. The Labute approximate surface area is 131 Å². The van der Waals surface area contributed by atoms with E-state index in [1.807, 2.05) is 6.92 Å². The molecule has 1 atom stereocenters. The zero-order chi connectivity index (χ0) is 14.5. The quantitative estimate of drug-likeness (QED) is 0.831. The number of likely N-dealkylation sites (tertiary alicyclic amines) is 1. The van der Waals surface area contributed by atoms with Gasteiger partial charge in [-0.2, -0.15) is 0 Å². The number of ether oxygens (including phenoxy) is 1. The van der Waals surface area contributed by atoms with E-state index < -0.39 is 0 Å². The molecule has 1 aromatic heterocycles. The molecule has 2 saturated heterocycles. The summed E-state index contributed by atoms with van der Waals surface area (Å²) in [6.45, 7) is 9.44. The molecular formula is C15H26N4OS. The number of aryl methyl sites for hydroxylation is 1. The molecule has 3 rings (SSSR count). The van der Waals surface area contributed by atoms with Crippen LogP contribution in [-0.2, 0) is 11.3 Å². The van der Waals surface area contributed by atoms with Gasteiger partial charge in [0, 0.05) is 19.1 Å². The maximum Gasteiger partial charge on any atom is 0.131 e. The number of nitrogens with zero attached hydrogens (tertiary/aromatic N) is 4. The molecule has 3 heterocycles. The number of aromatic nitrogens is 2. The van der Waals surface area contributed by atoms with E-state index in [-0.39, 0.29) is 0 Å². The van der Waals surface area contributed by atoms with Crippen LogP contribution >= 0.6 is 11.3 Å². The zero-order valence-electron chi connectivity index (χ0n) is 13.0. The first-order valence-electron chi connectivity index (χ1n) is 8.14. The van der Waals surface area contributed by atoms with Gasteiger partial charge in [-0.05, 0) is 39.3 Å². The van der Waals surface area contributed by atoms with Gasteiger partial charge in [0.1, 0.15) is 10.0 Å². The maximum absolute atomic E-state index is 5.43. The zero-order valence-corrected chi connectivity index (χ0v) is 13.8. The van der Waals surface area contributed by atoms with E-state index >= 15 is 0 Å². The molecule has 118 valence electrons. The van der Waals surface area contributed by atoms with Gasteiger partial charge in [0.2, 0.25) is 0 Å². The Morgan fingerprint density at radius 3 is 2.81 bits per heavy atom. The van der Waals surface area contributed by atoms with Crippen molar-refractivity contribution < 1.29 is 4.74 Å². The standard InChI is InChI=1S/C15H26N4OS/c1-13-16-17-15(21-13)12-19-6-3-2-4-14(19)5-7-18-8-10-20-11-9-18/h14H,2-12H2,1H3/t14-/m1/s1. The lowest BCUT2D eigenvalue weighted by molar-refractivity contribution is 0.0302.